The highest BCUT2D eigenvalue weighted by Crippen LogP contribution is 2.27. The third-order valence-corrected chi connectivity index (χ3v) is 5.45. The average molecular weight is 453 g/mol. The molecule has 0 radical (unpaired) electrons. The maximum atomic E-state index is 9.42. The van der Waals surface area contributed by atoms with Crippen LogP contribution in [0.25, 0.3) is 11.5 Å². The summed E-state index contributed by atoms with van der Waals surface area (Å²) in [6.07, 6.45) is 0.945. The van der Waals surface area contributed by atoms with Crippen molar-refractivity contribution in [1.29, 1.82) is 5.26 Å². The van der Waals surface area contributed by atoms with Gasteiger partial charge in [0.2, 0.25) is 17.5 Å². The van der Waals surface area contributed by atoms with E-state index in [-0.39, 0.29) is 5.69 Å². The van der Waals surface area contributed by atoms with Crippen LogP contribution in [0.4, 0.5) is 5.88 Å². The largest absolute Gasteiger partial charge is 0.489 e. The Labute approximate surface area is 192 Å². The lowest BCUT2D eigenvalue weighted by Gasteiger charge is -2.26. The molecular weight excluding hydrogens is 428 g/mol. The first kappa shape index (κ1) is 22.2. The van der Waals surface area contributed by atoms with Crippen molar-refractivity contribution in [3.05, 3.63) is 64.8 Å². The number of hydrogen-bond acceptors (Lipinski definition) is 7. The van der Waals surface area contributed by atoms with Crippen LogP contribution < -0.4 is 10.1 Å². The van der Waals surface area contributed by atoms with E-state index in [9.17, 15) is 5.26 Å². The zero-order chi connectivity index (χ0) is 22.2. The summed E-state index contributed by atoms with van der Waals surface area (Å²) in [7, 11) is 0. The highest BCUT2D eigenvalue weighted by atomic mass is 35.5. The number of nitriles is 1. The van der Waals surface area contributed by atoms with Gasteiger partial charge in [-0.1, -0.05) is 23.7 Å². The van der Waals surface area contributed by atoms with Gasteiger partial charge in [0.25, 0.3) is 0 Å². The molecule has 0 bridgehead atoms. The Morgan fingerprint density at radius 2 is 1.84 bits per heavy atom. The van der Waals surface area contributed by atoms with Gasteiger partial charge in [-0.15, -0.1) is 0 Å². The lowest BCUT2D eigenvalue weighted by atomic mass is 10.2. The van der Waals surface area contributed by atoms with Gasteiger partial charge in [-0.2, -0.15) is 10.2 Å². The summed E-state index contributed by atoms with van der Waals surface area (Å²) in [6.45, 7) is 5.66. The fourth-order valence-corrected chi connectivity index (χ4v) is 3.54. The molecule has 4 rings (SSSR count). The molecule has 1 aliphatic rings. The summed E-state index contributed by atoms with van der Waals surface area (Å²) in [4.78, 5) is 6.70. The number of rotatable bonds is 9. The number of aromatic nitrogens is 1. The molecule has 166 valence electrons. The topological polar surface area (TPSA) is 83.5 Å². The number of ether oxygens (including phenoxy) is 2. The second kappa shape index (κ2) is 11.0. The van der Waals surface area contributed by atoms with Crippen LogP contribution in [0, 0.1) is 11.3 Å². The number of morpholine rings is 1. The molecule has 0 atom stereocenters. The first-order chi connectivity index (χ1) is 15.7. The van der Waals surface area contributed by atoms with Gasteiger partial charge in [0.05, 0.1) is 13.2 Å². The van der Waals surface area contributed by atoms with Gasteiger partial charge in [-0.25, -0.2) is 0 Å². The van der Waals surface area contributed by atoms with E-state index < -0.39 is 0 Å². The minimum absolute atomic E-state index is 0.259. The summed E-state index contributed by atoms with van der Waals surface area (Å²) < 4.78 is 17.0. The Hall–Kier alpha value is -3.05. The monoisotopic (exact) mass is 452 g/mol. The van der Waals surface area contributed by atoms with E-state index in [1.165, 1.54) is 0 Å². The second-order valence-corrected chi connectivity index (χ2v) is 7.92. The number of benzene rings is 2. The Bertz CT molecular complexity index is 1040. The standard InChI is InChI=1S/C24H25ClN4O3/c25-20-6-2-18(3-7-20)17-31-21-8-4-19(5-9-21)23-28-22(16-26)24(32-23)27-10-1-11-29-12-14-30-15-13-29/h2-9,27H,1,10-15,17H2. The predicted octanol–water partition coefficient (Wildman–Crippen LogP) is 4.58. The molecule has 1 saturated heterocycles. The summed E-state index contributed by atoms with van der Waals surface area (Å²) in [5, 5.41) is 13.3. The van der Waals surface area contributed by atoms with Crippen LogP contribution in [0.2, 0.25) is 5.02 Å². The van der Waals surface area contributed by atoms with E-state index in [0.29, 0.717) is 29.9 Å². The molecule has 2 heterocycles. The van der Waals surface area contributed by atoms with Crippen molar-refractivity contribution in [2.45, 2.75) is 13.0 Å². The van der Waals surface area contributed by atoms with Crippen molar-refractivity contribution < 1.29 is 13.9 Å². The number of nitrogens with zero attached hydrogens (tertiary/aromatic N) is 3. The molecule has 0 aliphatic carbocycles. The van der Waals surface area contributed by atoms with Crippen molar-refractivity contribution in [2.75, 3.05) is 44.7 Å². The quantitative estimate of drug-likeness (QED) is 0.475. The van der Waals surface area contributed by atoms with Crippen molar-refractivity contribution in [2.24, 2.45) is 0 Å². The van der Waals surface area contributed by atoms with Crippen molar-refractivity contribution >= 4 is 17.5 Å². The Balaban J connectivity index is 1.31. The number of hydrogen-bond donors (Lipinski definition) is 1. The van der Waals surface area contributed by atoms with Crippen LogP contribution in [0.5, 0.6) is 5.75 Å². The fourth-order valence-electron chi connectivity index (χ4n) is 3.41. The van der Waals surface area contributed by atoms with Crippen molar-refractivity contribution in [3.63, 3.8) is 0 Å². The van der Waals surface area contributed by atoms with Gasteiger partial charge in [-0.05, 0) is 54.9 Å². The number of oxazole rings is 1. The molecule has 0 unspecified atom stereocenters. The highest BCUT2D eigenvalue weighted by molar-refractivity contribution is 6.30. The summed E-state index contributed by atoms with van der Waals surface area (Å²) >= 11 is 5.91. The summed E-state index contributed by atoms with van der Waals surface area (Å²) in [5.74, 6) is 1.55. The van der Waals surface area contributed by atoms with Gasteiger partial charge >= 0.3 is 0 Å². The second-order valence-electron chi connectivity index (χ2n) is 7.48. The average Bonchev–Trinajstić information content (AvgIpc) is 3.26. The van der Waals surface area contributed by atoms with E-state index in [1.807, 2.05) is 48.5 Å². The van der Waals surface area contributed by atoms with Crippen molar-refractivity contribution in [3.8, 4) is 23.3 Å². The van der Waals surface area contributed by atoms with E-state index in [1.54, 1.807) is 0 Å². The SMILES string of the molecule is N#Cc1nc(-c2ccc(OCc3ccc(Cl)cc3)cc2)oc1NCCCN1CCOCC1. The number of halogens is 1. The maximum absolute atomic E-state index is 9.42. The molecule has 8 heteroatoms. The van der Waals surface area contributed by atoms with Crippen LogP contribution in [0.1, 0.15) is 17.7 Å². The first-order valence-corrected chi connectivity index (χ1v) is 11.0. The molecular formula is C24H25ClN4O3. The van der Waals surface area contributed by atoms with E-state index in [4.69, 9.17) is 25.5 Å². The molecule has 2 aromatic carbocycles. The van der Waals surface area contributed by atoms with Crippen LogP contribution in [-0.2, 0) is 11.3 Å². The summed E-state index contributed by atoms with van der Waals surface area (Å²) in [6, 6.07) is 17.1. The Morgan fingerprint density at radius 1 is 1.09 bits per heavy atom. The van der Waals surface area contributed by atoms with Crippen LogP contribution in [-0.4, -0.2) is 49.3 Å². The molecule has 0 saturated carbocycles. The zero-order valence-corrected chi connectivity index (χ0v) is 18.5. The normalized spacial score (nSPS) is 14.1. The molecule has 3 aromatic rings. The minimum atomic E-state index is 0.259. The molecule has 0 spiro atoms. The smallest absolute Gasteiger partial charge is 0.232 e. The Morgan fingerprint density at radius 3 is 2.56 bits per heavy atom. The maximum Gasteiger partial charge on any atom is 0.232 e. The molecule has 1 N–H and O–H groups in total. The third-order valence-electron chi connectivity index (χ3n) is 5.19. The number of nitrogens with one attached hydrogen (secondary N) is 1. The number of anilines is 1. The minimum Gasteiger partial charge on any atom is -0.489 e. The van der Waals surface area contributed by atoms with Gasteiger partial charge in [0.1, 0.15) is 18.4 Å². The molecule has 1 aromatic heterocycles. The third kappa shape index (κ3) is 6.01. The molecule has 0 amide bonds. The van der Waals surface area contributed by atoms with E-state index in [2.05, 4.69) is 21.3 Å². The van der Waals surface area contributed by atoms with Crippen LogP contribution in [0.15, 0.2) is 52.9 Å². The highest BCUT2D eigenvalue weighted by Gasteiger charge is 2.15. The lowest BCUT2D eigenvalue weighted by Crippen LogP contribution is -2.37. The lowest BCUT2D eigenvalue weighted by molar-refractivity contribution is 0.0378. The molecule has 32 heavy (non-hydrogen) atoms. The zero-order valence-electron chi connectivity index (χ0n) is 17.7. The van der Waals surface area contributed by atoms with Crippen LogP contribution in [0.3, 0.4) is 0 Å². The first-order valence-electron chi connectivity index (χ1n) is 10.6. The Kier molecular flexibility index (Phi) is 7.62. The predicted molar refractivity (Wildman–Crippen MR) is 123 cm³/mol. The van der Waals surface area contributed by atoms with Gasteiger partial charge in [0.15, 0.2) is 0 Å². The van der Waals surface area contributed by atoms with E-state index in [0.717, 1.165) is 56.1 Å². The summed E-state index contributed by atoms with van der Waals surface area (Å²) in [5.41, 5.74) is 2.07. The molecule has 1 fully saturated rings. The fraction of sp³-hybridized carbons (Fsp3) is 0.333. The molecule has 1 aliphatic heterocycles. The van der Waals surface area contributed by atoms with Gasteiger partial charge in [-0.3, -0.25) is 4.90 Å². The van der Waals surface area contributed by atoms with Crippen LogP contribution >= 0.6 is 11.6 Å². The van der Waals surface area contributed by atoms with Gasteiger partial charge in [0, 0.05) is 30.2 Å². The molecule has 7 nitrogen and oxygen atoms in total. The van der Waals surface area contributed by atoms with Crippen molar-refractivity contribution in [1.82, 2.24) is 9.88 Å². The van der Waals surface area contributed by atoms with E-state index >= 15 is 0 Å². The van der Waals surface area contributed by atoms with Gasteiger partial charge < -0.3 is 19.2 Å².